The first-order valence-electron chi connectivity index (χ1n) is 9.72. The van der Waals surface area contributed by atoms with Crippen molar-refractivity contribution < 1.29 is 9.15 Å². The molecule has 0 radical (unpaired) electrons. The Balaban J connectivity index is 1.35. The highest BCUT2D eigenvalue weighted by Crippen LogP contribution is 2.33. The number of benzene rings is 2. The van der Waals surface area contributed by atoms with Gasteiger partial charge in [-0.15, -0.1) is 0 Å². The molecule has 3 heterocycles. The number of rotatable bonds is 5. The second-order valence-corrected chi connectivity index (χ2v) is 6.95. The monoisotopic (exact) mass is 393 g/mol. The summed E-state index contributed by atoms with van der Waals surface area (Å²) in [6, 6.07) is 23.8. The Labute approximate surface area is 174 Å². The number of pyridine rings is 2. The van der Waals surface area contributed by atoms with Gasteiger partial charge in [-0.25, -0.2) is 9.97 Å². The maximum atomic E-state index is 5.94. The zero-order valence-corrected chi connectivity index (χ0v) is 16.4. The maximum absolute atomic E-state index is 5.94. The van der Waals surface area contributed by atoms with Crippen LogP contribution >= 0.6 is 0 Å². The fourth-order valence-corrected chi connectivity index (χ4v) is 3.38. The molecule has 0 atom stereocenters. The van der Waals surface area contributed by atoms with Crippen molar-refractivity contribution in [2.45, 2.75) is 13.5 Å². The quantitative estimate of drug-likeness (QED) is 0.375. The molecule has 5 aromatic rings. The number of oxazole rings is 1. The number of hydrogen-bond donors (Lipinski definition) is 0. The summed E-state index contributed by atoms with van der Waals surface area (Å²) >= 11 is 0. The van der Waals surface area contributed by atoms with Crippen molar-refractivity contribution in [3.63, 3.8) is 0 Å². The van der Waals surface area contributed by atoms with E-state index in [4.69, 9.17) is 9.15 Å². The number of para-hydroxylation sites is 1. The molecule has 5 nitrogen and oxygen atoms in total. The first-order valence-corrected chi connectivity index (χ1v) is 9.72. The van der Waals surface area contributed by atoms with E-state index in [0.717, 1.165) is 44.9 Å². The summed E-state index contributed by atoms with van der Waals surface area (Å²) in [5.41, 5.74) is 4.59. The van der Waals surface area contributed by atoms with Crippen LogP contribution < -0.4 is 4.74 Å². The van der Waals surface area contributed by atoms with Crippen molar-refractivity contribution >= 4 is 10.9 Å². The predicted molar refractivity (Wildman–Crippen MR) is 116 cm³/mol. The zero-order valence-electron chi connectivity index (χ0n) is 16.4. The third-order valence-electron chi connectivity index (χ3n) is 4.85. The standard InChI is InChI=1S/C25H19N3O2/c1-17-27-24(25(30-17)20-12-14-26-15-13-20)19-7-10-22(11-8-19)29-16-21-9-6-18-4-2-3-5-23(18)28-21/h2-15H,16H2,1H3. The van der Waals surface area contributed by atoms with E-state index in [1.54, 1.807) is 12.4 Å². The van der Waals surface area contributed by atoms with Crippen LogP contribution in [0.2, 0.25) is 0 Å². The second kappa shape index (κ2) is 7.79. The number of hydrogen-bond acceptors (Lipinski definition) is 5. The Kier molecular flexibility index (Phi) is 4.69. The number of aromatic nitrogens is 3. The summed E-state index contributed by atoms with van der Waals surface area (Å²) in [6.45, 7) is 2.26. The van der Waals surface area contributed by atoms with E-state index >= 15 is 0 Å². The van der Waals surface area contributed by atoms with Gasteiger partial charge in [0.1, 0.15) is 18.1 Å². The molecule has 5 heteroatoms. The maximum Gasteiger partial charge on any atom is 0.192 e. The van der Waals surface area contributed by atoms with Crippen LogP contribution in [0.1, 0.15) is 11.6 Å². The molecule has 0 aliphatic rings. The van der Waals surface area contributed by atoms with Gasteiger partial charge in [0.2, 0.25) is 0 Å². The van der Waals surface area contributed by atoms with Crippen LogP contribution in [0.4, 0.5) is 0 Å². The van der Waals surface area contributed by atoms with E-state index in [0.29, 0.717) is 12.5 Å². The largest absolute Gasteiger partial charge is 0.487 e. The van der Waals surface area contributed by atoms with Gasteiger partial charge in [0.25, 0.3) is 0 Å². The fourth-order valence-electron chi connectivity index (χ4n) is 3.38. The van der Waals surface area contributed by atoms with Gasteiger partial charge >= 0.3 is 0 Å². The van der Waals surface area contributed by atoms with Crippen LogP contribution in [0.3, 0.4) is 0 Å². The normalized spacial score (nSPS) is 11.0. The molecule has 3 aromatic heterocycles. The summed E-state index contributed by atoms with van der Waals surface area (Å²) in [5.74, 6) is 2.14. The van der Waals surface area contributed by atoms with E-state index in [1.165, 1.54) is 0 Å². The molecular weight excluding hydrogens is 374 g/mol. The Morgan fingerprint density at radius 3 is 2.43 bits per heavy atom. The molecule has 5 rings (SSSR count). The summed E-state index contributed by atoms with van der Waals surface area (Å²) < 4.78 is 11.8. The molecule has 0 amide bonds. The Morgan fingerprint density at radius 1 is 0.800 bits per heavy atom. The van der Waals surface area contributed by atoms with Gasteiger partial charge in [-0.05, 0) is 48.5 Å². The van der Waals surface area contributed by atoms with Crippen molar-refractivity contribution in [3.05, 3.63) is 96.8 Å². The number of ether oxygens (including phenoxy) is 1. The van der Waals surface area contributed by atoms with Gasteiger partial charge in [0.05, 0.1) is 11.2 Å². The molecule has 146 valence electrons. The van der Waals surface area contributed by atoms with Crippen LogP contribution in [0.15, 0.2) is 89.6 Å². The van der Waals surface area contributed by atoms with Crippen molar-refractivity contribution in [1.82, 2.24) is 15.0 Å². The minimum Gasteiger partial charge on any atom is -0.487 e. The first-order chi connectivity index (χ1) is 14.8. The van der Waals surface area contributed by atoms with E-state index in [2.05, 4.69) is 27.1 Å². The van der Waals surface area contributed by atoms with E-state index in [9.17, 15) is 0 Å². The van der Waals surface area contributed by atoms with Crippen molar-refractivity contribution in [2.75, 3.05) is 0 Å². The average Bonchev–Trinajstić information content (AvgIpc) is 3.20. The van der Waals surface area contributed by atoms with E-state index in [1.807, 2.05) is 67.6 Å². The van der Waals surface area contributed by atoms with Crippen LogP contribution in [-0.2, 0) is 6.61 Å². The van der Waals surface area contributed by atoms with Gasteiger partial charge in [-0.3, -0.25) is 4.98 Å². The number of fused-ring (bicyclic) bond motifs is 1. The molecule has 0 unspecified atom stereocenters. The van der Waals surface area contributed by atoms with Crippen LogP contribution in [0, 0.1) is 6.92 Å². The lowest BCUT2D eigenvalue weighted by Crippen LogP contribution is -1.98. The Bertz CT molecular complexity index is 1300. The summed E-state index contributed by atoms with van der Waals surface area (Å²) in [4.78, 5) is 13.3. The molecule has 30 heavy (non-hydrogen) atoms. The average molecular weight is 393 g/mol. The smallest absolute Gasteiger partial charge is 0.192 e. The molecule has 0 spiro atoms. The van der Waals surface area contributed by atoms with Crippen LogP contribution in [0.25, 0.3) is 33.5 Å². The van der Waals surface area contributed by atoms with Gasteiger partial charge < -0.3 is 9.15 Å². The molecule has 0 saturated carbocycles. The summed E-state index contributed by atoms with van der Waals surface area (Å²) in [6.07, 6.45) is 3.49. The van der Waals surface area contributed by atoms with Gasteiger partial charge in [-0.1, -0.05) is 24.3 Å². The molecule has 0 saturated heterocycles. The highest BCUT2D eigenvalue weighted by Gasteiger charge is 2.15. The topological polar surface area (TPSA) is 61.0 Å². The molecule has 0 aliphatic heterocycles. The van der Waals surface area contributed by atoms with Gasteiger partial charge in [0, 0.05) is 35.8 Å². The highest BCUT2D eigenvalue weighted by molar-refractivity contribution is 5.78. The number of nitrogens with zero attached hydrogens (tertiary/aromatic N) is 3. The lowest BCUT2D eigenvalue weighted by Gasteiger charge is -2.08. The molecule has 2 aromatic carbocycles. The van der Waals surface area contributed by atoms with E-state index in [-0.39, 0.29) is 0 Å². The SMILES string of the molecule is Cc1nc(-c2ccc(OCc3ccc4ccccc4n3)cc2)c(-c2ccncc2)o1. The first kappa shape index (κ1) is 18.1. The Hall–Kier alpha value is -3.99. The lowest BCUT2D eigenvalue weighted by atomic mass is 10.1. The van der Waals surface area contributed by atoms with E-state index < -0.39 is 0 Å². The van der Waals surface area contributed by atoms with Crippen LogP contribution in [-0.4, -0.2) is 15.0 Å². The lowest BCUT2D eigenvalue weighted by molar-refractivity contribution is 0.302. The predicted octanol–water partition coefficient (Wildman–Crippen LogP) is 5.84. The number of aryl methyl sites for hydroxylation is 1. The minimum atomic E-state index is 0.412. The summed E-state index contributed by atoms with van der Waals surface area (Å²) in [7, 11) is 0. The van der Waals surface area contributed by atoms with Crippen molar-refractivity contribution in [1.29, 1.82) is 0 Å². The molecule has 0 fully saturated rings. The van der Waals surface area contributed by atoms with Crippen LogP contribution in [0.5, 0.6) is 5.75 Å². The second-order valence-electron chi connectivity index (χ2n) is 6.95. The molecule has 0 bridgehead atoms. The molecular formula is C25H19N3O2. The molecule has 0 N–H and O–H groups in total. The minimum absolute atomic E-state index is 0.412. The third kappa shape index (κ3) is 3.65. The zero-order chi connectivity index (χ0) is 20.3. The van der Waals surface area contributed by atoms with Crippen molar-refractivity contribution in [3.8, 4) is 28.3 Å². The van der Waals surface area contributed by atoms with Crippen molar-refractivity contribution in [2.24, 2.45) is 0 Å². The van der Waals surface area contributed by atoms with Gasteiger partial charge in [-0.2, -0.15) is 0 Å². The summed E-state index contributed by atoms with van der Waals surface area (Å²) in [5, 5.41) is 1.12. The Morgan fingerprint density at radius 2 is 1.60 bits per heavy atom. The molecule has 0 aliphatic carbocycles. The highest BCUT2D eigenvalue weighted by atomic mass is 16.5. The fraction of sp³-hybridized carbons (Fsp3) is 0.0800. The third-order valence-corrected chi connectivity index (χ3v) is 4.85. The van der Waals surface area contributed by atoms with Gasteiger partial charge in [0.15, 0.2) is 11.7 Å².